The van der Waals surface area contributed by atoms with Gasteiger partial charge in [-0.15, -0.1) is 0 Å². The second-order valence-corrected chi connectivity index (χ2v) is 6.48. The van der Waals surface area contributed by atoms with E-state index in [4.69, 9.17) is 0 Å². The summed E-state index contributed by atoms with van der Waals surface area (Å²) in [5.41, 5.74) is 5.81. The van der Waals surface area contributed by atoms with E-state index in [1.165, 1.54) is 0 Å². The molecule has 0 atom stereocenters. The fourth-order valence-corrected chi connectivity index (χ4v) is 2.91. The molecule has 1 aromatic rings. The molecular weight excluding hydrogens is 248 g/mol. The van der Waals surface area contributed by atoms with Crippen molar-refractivity contribution in [3.05, 3.63) is 35.3 Å². The number of benzene rings is 1. The van der Waals surface area contributed by atoms with E-state index in [2.05, 4.69) is 5.43 Å². The van der Waals surface area contributed by atoms with Crippen LogP contribution in [0.25, 0.3) is 5.43 Å². The van der Waals surface area contributed by atoms with E-state index < -0.39 is 10.0 Å². The summed E-state index contributed by atoms with van der Waals surface area (Å²) < 4.78 is 26.0. The largest absolute Gasteiger partial charge is 0.419 e. The highest BCUT2D eigenvalue weighted by atomic mass is 32.2. The van der Waals surface area contributed by atoms with Crippen LogP contribution in [0.5, 0.6) is 0 Å². The van der Waals surface area contributed by atoms with E-state index >= 15 is 0 Å². The summed E-state index contributed by atoms with van der Waals surface area (Å²) >= 11 is 0. The molecule has 0 fully saturated rings. The maximum atomic E-state index is 12.4. The Morgan fingerprint density at radius 3 is 2.06 bits per heavy atom. The molecule has 100 valence electrons. The van der Waals surface area contributed by atoms with Gasteiger partial charge in [-0.25, -0.2) is 0 Å². The third kappa shape index (κ3) is 3.32. The minimum absolute atomic E-state index is 0.0832. The second kappa shape index (κ2) is 5.52. The lowest BCUT2D eigenvalue weighted by molar-refractivity contribution is -0.312. The zero-order chi connectivity index (χ0) is 13.9. The van der Waals surface area contributed by atoms with Crippen molar-refractivity contribution in [2.24, 2.45) is 0 Å². The fourth-order valence-electron chi connectivity index (χ4n) is 1.44. The first-order chi connectivity index (χ1) is 8.25. The van der Waals surface area contributed by atoms with Gasteiger partial charge in [0.1, 0.15) is 4.90 Å². The molecule has 0 aromatic heterocycles. The SMILES string of the molecule is CC(C)=[N+]([N-]C(C)C)S(=O)(=O)c1ccc(C)cc1. The van der Waals surface area contributed by atoms with Crippen LogP contribution in [0, 0.1) is 6.92 Å². The lowest BCUT2D eigenvalue weighted by Gasteiger charge is -2.21. The molecule has 1 aromatic carbocycles. The molecule has 0 saturated carbocycles. The van der Waals surface area contributed by atoms with Crippen molar-refractivity contribution in [2.45, 2.75) is 45.6 Å². The lowest BCUT2D eigenvalue weighted by Crippen LogP contribution is -2.24. The number of sulfonamides is 1. The summed E-state index contributed by atoms with van der Waals surface area (Å²) in [5, 5.41) is 0. The molecule has 0 N–H and O–H groups in total. The van der Waals surface area contributed by atoms with Gasteiger partial charge in [-0.3, -0.25) is 0 Å². The normalized spacial score (nSPS) is 11.4. The van der Waals surface area contributed by atoms with E-state index in [0.717, 1.165) is 9.65 Å². The van der Waals surface area contributed by atoms with Gasteiger partial charge in [0.15, 0.2) is 5.71 Å². The number of hydrogen-bond donors (Lipinski definition) is 0. The number of rotatable bonds is 4. The molecule has 0 heterocycles. The molecule has 4 nitrogen and oxygen atoms in total. The van der Waals surface area contributed by atoms with Crippen LogP contribution in [0.15, 0.2) is 29.2 Å². The van der Waals surface area contributed by atoms with E-state index in [1.807, 2.05) is 20.8 Å². The first-order valence-corrected chi connectivity index (χ1v) is 7.32. The summed E-state index contributed by atoms with van der Waals surface area (Å²) in [4.78, 5) is 0.263. The van der Waals surface area contributed by atoms with Crippen molar-refractivity contribution >= 4 is 15.7 Å². The predicted octanol–water partition coefficient (Wildman–Crippen LogP) is 2.87. The first kappa shape index (κ1) is 14.7. The van der Waals surface area contributed by atoms with Crippen LogP contribution in [0.3, 0.4) is 0 Å². The Kier molecular flexibility index (Phi) is 4.51. The molecule has 5 heteroatoms. The zero-order valence-corrected chi connectivity index (χ0v) is 12.3. The minimum Gasteiger partial charge on any atom is -0.419 e. The fraction of sp³-hybridized carbons (Fsp3) is 0.462. The van der Waals surface area contributed by atoms with Gasteiger partial charge in [-0.1, -0.05) is 37.6 Å². The second-order valence-electron chi connectivity index (χ2n) is 4.72. The summed E-state index contributed by atoms with van der Waals surface area (Å²) in [5.74, 6) is 0. The zero-order valence-electron chi connectivity index (χ0n) is 11.5. The van der Waals surface area contributed by atoms with E-state index in [1.54, 1.807) is 38.1 Å². The van der Waals surface area contributed by atoms with E-state index in [9.17, 15) is 8.42 Å². The van der Waals surface area contributed by atoms with Crippen LogP contribution in [-0.2, 0) is 10.0 Å². The average Bonchev–Trinajstić information content (AvgIpc) is 2.25. The van der Waals surface area contributed by atoms with Gasteiger partial charge in [0.05, 0.1) is 0 Å². The summed E-state index contributed by atoms with van der Waals surface area (Å²) in [6, 6.07) is 6.70. The van der Waals surface area contributed by atoms with Crippen molar-refractivity contribution in [2.75, 3.05) is 0 Å². The molecule has 0 aliphatic rings. The molecule has 0 radical (unpaired) electrons. The van der Waals surface area contributed by atoms with Crippen molar-refractivity contribution in [1.82, 2.24) is 0 Å². The van der Waals surface area contributed by atoms with Crippen LogP contribution < -0.4 is 0 Å². The van der Waals surface area contributed by atoms with Gasteiger partial charge in [-0.2, -0.15) is 12.5 Å². The maximum Gasteiger partial charge on any atom is 0.390 e. The maximum absolute atomic E-state index is 12.4. The third-order valence-corrected chi connectivity index (χ3v) is 4.05. The lowest BCUT2D eigenvalue weighted by atomic mass is 10.2. The first-order valence-electron chi connectivity index (χ1n) is 5.88. The topological polar surface area (TPSA) is 51.2 Å². The van der Waals surface area contributed by atoms with Crippen LogP contribution in [0.1, 0.15) is 33.3 Å². The summed E-state index contributed by atoms with van der Waals surface area (Å²) in [6.07, 6.45) is 0. The van der Waals surface area contributed by atoms with Crippen molar-refractivity contribution in [1.29, 1.82) is 0 Å². The number of aryl methyl sites for hydroxylation is 1. The number of hydrogen-bond acceptors (Lipinski definition) is 2. The standard InChI is InChI=1S/C13H20N2O2S/c1-10(2)14-15(11(3)4)18(16,17)13-8-6-12(5)7-9-13/h6-10H,1-5H3. The molecule has 1 rings (SSSR count). The number of nitrogens with zero attached hydrogens (tertiary/aromatic N) is 2. The molecule has 0 amide bonds. The monoisotopic (exact) mass is 268 g/mol. The van der Waals surface area contributed by atoms with Gasteiger partial charge in [0.2, 0.25) is 0 Å². The van der Waals surface area contributed by atoms with Crippen molar-refractivity contribution in [3.63, 3.8) is 0 Å². The highest BCUT2D eigenvalue weighted by Crippen LogP contribution is 2.17. The molecule has 0 saturated heterocycles. The van der Waals surface area contributed by atoms with Crippen LogP contribution in [0.4, 0.5) is 0 Å². The van der Waals surface area contributed by atoms with E-state index in [-0.39, 0.29) is 10.9 Å². The predicted molar refractivity (Wildman–Crippen MR) is 73.5 cm³/mol. The van der Waals surface area contributed by atoms with Gasteiger partial charge < -0.3 is 5.43 Å². The van der Waals surface area contributed by atoms with Crippen LogP contribution >= 0.6 is 0 Å². The van der Waals surface area contributed by atoms with Gasteiger partial charge in [-0.05, 0) is 19.1 Å². The highest BCUT2D eigenvalue weighted by Gasteiger charge is 2.24. The molecule has 0 unspecified atom stereocenters. The molecule has 18 heavy (non-hydrogen) atoms. The molecular formula is C13H20N2O2S. The summed E-state index contributed by atoms with van der Waals surface area (Å²) in [6.45, 7) is 9.08. The summed E-state index contributed by atoms with van der Waals surface area (Å²) in [7, 11) is -3.58. The Morgan fingerprint density at radius 1 is 1.17 bits per heavy atom. The molecule has 0 spiro atoms. The van der Waals surface area contributed by atoms with Gasteiger partial charge in [0, 0.05) is 13.8 Å². The highest BCUT2D eigenvalue weighted by molar-refractivity contribution is 7.85. The van der Waals surface area contributed by atoms with E-state index in [0.29, 0.717) is 5.71 Å². The Morgan fingerprint density at radius 2 is 1.67 bits per heavy atom. The average molecular weight is 268 g/mol. The Bertz CT molecular complexity index is 539. The molecule has 0 aliphatic carbocycles. The smallest absolute Gasteiger partial charge is 0.390 e. The molecule has 0 bridgehead atoms. The molecule has 0 aliphatic heterocycles. The van der Waals surface area contributed by atoms with Gasteiger partial charge >= 0.3 is 10.0 Å². The van der Waals surface area contributed by atoms with Crippen molar-refractivity contribution < 1.29 is 12.5 Å². The quantitative estimate of drug-likeness (QED) is 0.479. The Labute approximate surface area is 109 Å². The minimum atomic E-state index is -3.58. The Balaban J connectivity index is 3.27. The third-order valence-electron chi connectivity index (χ3n) is 2.26. The van der Waals surface area contributed by atoms with Crippen LogP contribution in [-0.4, -0.2) is 24.3 Å². The van der Waals surface area contributed by atoms with Gasteiger partial charge in [0.25, 0.3) is 0 Å². The Hall–Kier alpha value is -1.36. The van der Waals surface area contributed by atoms with Crippen molar-refractivity contribution in [3.8, 4) is 0 Å². The van der Waals surface area contributed by atoms with Crippen LogP contribution in [0.2, 0.25) is 0 Å².